The molecule has 4 aromatic rings. The van der Waals surface area contributed by atoms with Crippen molar-refractivity contribution in [2.45, 2.75) is 19.3 Å². The van der Waals surface area contributed by atoms with E-state index < -0.39 is 29.2 Å². The summed E-state index contributed by atoms with van der Waals surface area (Å²) in [4.78, 5) is 4.29. The third-order valence-electron chi connectivity index (χ3n) is 4.68. The Kier molecular flexibility index (Phi) is 5.07. The molecule has 0 amide bonds. The van der Waals surface area contributed by atoms with Gasteiger partial charge in [-0.2, -0.15) is 31.4 Å². The van der Waals surface area contributed by atoms with Crippen LogP contribution in [0.2, 0.25) is 0 Å². The van der Waals surface area contributed by atoms with Gasteiger partial charge in [0, 0.05) is 10.0 Å². The molecule has 0 spiro atoms. The lowest BCUT2D eigenvalue weighted by Gasteiger charge is -2.14. The highest BCUT2D eigenvalue weighted by molar-refractivity contribution is 9.10. The van der Waals surface area contributed by atoms with Crippen molar-refractivity contribution in [1.82, 2.24) is 14.8 Å². The molecule has 0 N–H and O–H groups in total. The van der Waals surface area contributed by atoms with E-state index in [-0.39, 0.29) is 22.4 Å². The number of para-hydroxylation sites is 1. The summed E-state index contributed by atoms with van der Waals surface area (Å²) >= 11 is 3.26. The van der Waals surface area contributed by atoms with Gasteiger partial charge in [-0.3, -0.25) is 0 Å². The molecule has 0 saturated carbocycles. The van der Waals surface area contributed by atoms with Gasteiger partial charge in [0.1, 0.15) is 0 Å². The number of aryl methyl sites for hydroxylation is 1. The van der Waals surface area contributed by atoms with Crippen molar-refractivity contribution in [3.05, 3.63) is 75.9 Å². The predicted octanol–water partition coefficient (Wildman–Crippen LogP) is 7.20. The van der Waals surface area contributed by atoms with Crippen LogP contribution in [0.25, 0.3) is 28.0 Å². The zero-order chi connectivity index (χ0) is 22.6. The number of aromatic nitrogens is 3. The van der Waals surface area contributed by atoms with E-state index in [0.717, 1.165) is 22.9 Å². The van der Waals surface area contributed by atoms with Crippen LogP contribution in [-0.2, 0) is 12.4 Å². The van der Waals surface area contributed by atoms with Crippen LogP contribution >= 0.6 is 15.9 Å². The maximum Gasteiger partial charge on any atom is 0.418 e. The number of nitrogens with zero attached hydrogens (tertiary/aromatic N) is 3. The first-order chi connectivity index (χ1) is 14.5. The normalized spacial score (nSPS) is 12.5. The van der Waals surface area contributed by atoms with Crippen LogP contribution in [0.15, 0.2) is 59.1 Å². The third kappa shape index (κ3) is 3.91. The lowest BCUT2D eigenvalue weighted by atomic mass is 10.1. The third-order valence-corrected chi connectivity index (χ3v) is 5.17. The van der Waals surface area contributed by atoms with Crippen molar-refractivity contribution >= 4 is 27.0 Å². The van der Waals surface area contributed by atoms with Gasteiger partial charge in [0.05, 0.1) is 33.6 Å². The second-order valence-corrected chi connectivity index (χ2v) is 7.69. The van der Waals surface area contributed by atoms with Gasteiger partial charge in [-0.1, -0.05) is 40.2 Å². The monoisotopic (exact) mass is 499 g/mol. The molecule has 0 atom stereocenters. The molecule has 160 valence electrons. The fourth-order valence-corrected chi connectivity index (χ4v) is 3.77. The Morgan fingerprint density at radius 2 is 1.52 bits per heavy atom. The summed E-state index contributed by atoms with van der Waals surface area (Å²) < 4.78 is 83.8. The van der Waals surface area contributed by atoms with E-state index in [4.69, 9.17) is 0 Å². The Hall–Kier alpha value is -2.88. The fourth-order valence-electron chi connectivity index (χ4n) is 3.37. The largest absolute Gasteiger partial charge is 0.418 e. The van der Waals surface area contributed by atoms with Crippen molar-refractivity contribution in [3.8, 4) is 16.9 Å². The molecule has 0 aliphatic rings. The van der Waals surface area contributed by atoms with Gasteiger partial charge in [0.15, 0.2) is 5.65 Å². The second kappa shape index (κ2) is 7.37. The summed E-state index contributed by atoms with van der Waals surface area (Å²) in [5, 5.41) is 3.66. The summed E-state index contributed by atoms with van der Waals surface area (Å²) in [6.45, 7) is 1.31. The van der Waals surface area contributed by atoms with Gasteiger partial charge in [0.25, 0.3) is 0 Å². The Bertz CT molecular complexity index is 1290. The van der Waals surface area contributed by atoms with Crippen molar-refractivity contribution in [3.63, 3.8) is 0 Å². The van der Waals surface area contributed by atoms with Crippen LogP contribution in [-0.4, -0.2) is 14.8 Å². The number of fused-ring (bicyclic) bond motifs is 1. The Morgan fingerprint density at radius 1 is 0.839 bits per heavy atom. The van der Waals surface area contributed by atoms with Crippen molar-refractivity contribution in [1.29, 1.82) is 0 Å². The van der Waals surface area contributed by atoms with Gasteiger partial charge in [0.2, 0.25) is 0 Å². The minimum Gasteiger partial charge on any atom is -0.228 e. The summed E-state index contributed by atoms with van der Waals surface area (Å²) in [5.41, 5.74) is -2.49. The highest BCUT2D eigenvalue weighted by atomic mass is 79.9. The average molecular weight is 500 g/mol. The van der Waals surface area contributed by atoms with E-state index in [1.165, 1.54) is 19.1 Å². The van der Waals surface area contributed by atoms with Crippen LogP contribution in [0.5, 0.6) is 0 Å². The first kappa shape index (κ1) is 21.4. The molecule has 3 nitrogen and oxygen atoms in total. The molecule has 0 fully saturated rings. The van der Waals surface area contributed by atoms with Crippen molar-refractivity contribution < 1.29 is 26.3 Å². The van der Waals surface area contributed by atoms with Crippen LogP contribution in [0.4, 0.5) is 26.3 Å². The summed E-state index contributed by atoms with van der Waals surface area (Å²) in [5.74, 6) is 0. The standard InChI is InChI=1S/C21H12BrF6N3/c1-11-18-15(21(26,27)28)10-16(12-5-4-6-13(22)9-12)29-19(18)31(30-11)17-8-3-2-7-14(17)20(23,24)25/h2-10H,1H3. The van der Waals surface area contributed by atoms with Crippen molar-refractivity contribution in [2.75, 3.05) is 0 Å². The topological polar surface area (TPSA) is 30.7 Å². The number of halogens is 7. The van der Waals surface area contributed by atoms with Gasteiger partial charge in [-0.25, -0.2) is 9.67 Å². The zero-order valence-electron chi connectivity index (χ0n) is 15.7. The van der Waals surface area contributed by atoms with E-state index in [2.05, 4.69) is 26.0 Å². The number of hydrogen-bond acceptors (Lipinski definition) is 2. The van der Waals surface area contributed by atoms with E-state index in [1.54, 1.807) is 24.3 Å². The predicted molar refractivity (Wildman–Crippen MR) is 107 cm³/mol. The molecule has 0 aliphatic carbocycles. The van der Waals surface area contributed by atoms with Crippen LogP contribution < -0.4 is 0 Å². The molecule has 2 aromatic carbocycles. The minimum atomic E-state index is -4.76. The molecular weight excluding hydrogens is 488 g/mol. The zero-order valence-corrected chi connectivity index (χ0v) is 17.3. The molecule has 0 aliphatic heterocycles. The fraction of sp³-hybridized carbons (Fsp3) is 0.143. The first-order valence-corrected chi connectivity index (χ1v) is 9.66. The van der Waals surface area contributed by atoms with E-state index >= 15 is 0 Å². The highest BCUT2D eigenvalue weighted by Crippen LogP contribution is 2.40. The lowest BCUT2D eigenvalue weighted by molar-refractivity contribution is -0.138. The van der Waals surface area contributed by atoms with Gasteiger partial charge in [-0.05, 0) is 37.3 Å². The number of rotatable bonds is 2. The Labute approximate surface area is 180 Å². The molecule has 10 heteroatoms. The molecule has 2 aromatic heterocycles. The maximum atomic E-state index is 13.9. The van der Waals surface area contributed by atoms with Crippen LogP contribution in [0, 0.1) is 6.92 Å². The maximum absolute atomic E-state index is 13.9. The molecule has 0 radical (unpaired) electrons. The van der Waals surface area contributed by atoms with E-state index in [0.29, 0.717) is 10.0 Å². The Morgan fingerprint density at radius 3 is 2.16 bits per heavy atom. The number of benzene rings is 2. The molecule has 31 heavy (non-hydrogen) atoms. The van der Waals surface area contributed by atoms with Crippen molar-refractivity contribution in [2.24, 2.45) is 0 Å². The molecule has 0 bridgehead atoms. The average Bonchev–Trinajstić information content (AvgIpc) is 3.02. The summed E-state index contributed by atoms with van der Waals surface area (Å²) in [6, 6.07) is 11.9. The quantitative estimate of drug-likeness (QED) is 0.273. The number of hydrogen-bond donors (Lipinski definition) is 0. The lowest BCUT2D eigenvalue weighted by Crippen LogP contribution is -2.12. The number of pyridine rings is 1. The van der Waals surface area contributed by atoms with Crippen LogP contribution in [0.3, 0.4) is 0 Å². The SMILES string of the molecule is Cc1nn(-c2ccccc2C(F)(F)F)c2nc(-c3cccc(Br)c3)cc(C(F)(F)F)c12. The van der Waals surface area contributed by atoms with Gasteiger partial charge >= 0.3 is 12.4 Å². The first-order valence-electron chi connectivity index (χ1n) is 8.87. The number of alkyl halides is 6. The van der Waals surface area contributed by atoms with Gasteiger partial charge in [-0.15, -0.1) is 0 Å². The Balaban J connectivity index is 2.10. The van der Waals surface area contributed by atoms with E-state index in [1.807, 2.05) is 0 Å². The highest BCUT2D eigenvalue weighted by Gasteiger charge is 2.38. The molecular formula is C21H12BrF6N3. The van der Waals surface area contributed by atoms with E-state index in [9.17, 15) is 26.3 Å². The van der Waals surface area contributed by atoms with Gasteiger partial charge < -0.3 is 0 Å². The molecule has 0 saturated heterocycles. The molecule has 0 unspecified atom stereocenters. The minimum absolute atomic E-state index is 0.0354. The molecule has 2 heterocycles. The second-order valence-electron chi connectivity index (χ2n) is 6.77. The smallest absolute Gasteiger partial charge is 0.228 e. The summed E-state index contributed by atoms with van der Waals surface area (Å²) in [6.07, 6.45) is -9.48. The van der Waals surface area contributed by atoms with Crippen LogP contribution in [0.1, 0.15) is 16.8 Å². The molecule has 4 rings (SSSR count). The summed E-state index contributed by atoms with van der Waals surface area (Å²) in [7, 11) is 0.